The van der Waals surface area contributed by atoms with Crippen LogP contribution in [-0.2, 0) is 11.3 Å². The number of benzene rings is 2. The van der Waals surface area contributed by atoms with Gasteiger partial charge in [0.15, 0.2) is 0 Å². The van der Waals surface area contributed by atoms with Crippen LogP contribution in [0.3, 0.4) is 0 Å². The van der Waals surface area contributed by atoms with E-state index in [9.17, 15) is 4.79 Å². The fraction of sp³-hybridized carbons (Fsp3) is 0.188. The summed E-state index contributed by atoms with van der Waals surface area (Å²) in [5.41, 5.74) is 3.67. The van der Waals surface area contributed by atoms with Crippen LogP contribution in [0.25, 0.3) is 0 Å². The normalized spacial score (nSPS) is 10.2. The van der Waals surface area contributed by atoms with E-state index >= 15 is 0 Å². The standard InChI is InChI=1S/C16H16ClNO2/c1-11-14(17)4-3-5-15(11)18-10-12-6-8-13(9-7-12)16(19)20-2/h3-9,18H,10H2,1-2H3. The Morgan fingerprint density at radius 1 is 1.20 bits per heavy atom. The predicted molar refractivity (Wildman–Crippen MR) is 81.3 cm³/mol. The van der Waals surface area contributed by atoms with Gasteiger partial charge in [0.1, 0.15) is 0 Å². The minimum absolute atomic E-state index is 0.324. The molecule has 0 amide bonds. The zero-order valence-corrected chi connectivity index (χ0v) is 12.2. The number of ether oxygens (including phenoxy) is 1. The Hall–Kier alpha value is -2.00. The van der Waals surface area contributed by atoms with Crippen LogP contribution in [0.1, 0.15) is 21.5 Å². The van der Waals surface area contributed by atoms with Gasteiger partial charge in [-0.1, -0.05) is 29.8 Å². The minimum Gasteiger partial charge on any atom is -0.465 e. The second-order valence-corrected chi connectivity index (χ2v) is 4.86. The second kappa shape index (κ2) is 6.44. The van der Waals surface area contributed by atoms with Crippen molar-refractivity contribution in [1.82, 2.24) is 0 Å². The summed E-state index contributed by atoms with van der Waals surface area (Å²) in [6.07, 6.45) is 0. The van der Waals surface area contributed by atoms with Crippen molar-refractivity contribution in [2.75, 3.05) is 12.4 Å². The van der Waals surface area contributed by atoms with Gasteiger partial charge in [-0.05, 0) is 42.3 Å². The number of methoxy groups -OCH3 is 1. The van der Waals surface area contributed by atoms with Gasteiger partial charge in [0.05, 0.1) is 12.7 Å². The van der Waals surface area contributed by atoms with Gasteiger partial charge in [0, 0.05) is 17.3 Å². The lowest BCUT2D eigenvalue weighted by Crippen LogP contribution is -2.03. The molecule has 0 aromatic heterocycles. The molecular weight excluding hydrogens is 274 g/mol. The Bertz CT molecular complexity index is 608. The molecular formula is C16H16ClNO2. The lowest BCUT2D eigenvalue weighted by molar-refractivity contribution is 0.0600. The smallest absolute Gasteiger partial charge is 0.337 e. The molecule has 2 aromatic rings. The Morgan fingerprint density at radius 2 is 1.90 bits per heavy atom. The Balaban J connectivity index is 2.04. The average Bonchev–Trinajstić information content (AvgIpc) is 2.48. The Labute approximate surface area is 123 Å². The summed E-state index contributed by atoms with van der Waals surface area (Å²) >= 11 is 6.08. The molecule has 0 atom stereocenters. The van der Waals surface area contributed by atoms with Gasteiger partial charge in [-0.15, -0.1) is 0 Å². The van der Waals surface area contributed by atoms with E-state index in [0.29, 0.717) is 12.1 Å². The van der Waals surface area contributed by atoms with E-state index in [-0.39, 0.29) is 5.97 Å². The third-order valence-corrected chi connectivity index (χ3v) is 3.54. The third kappa shape index (κ3) is 3.31. The SMILES string of the molecule is COC(=O)c1ccc(CNc2cccc(Cl)c2C)cc1. The molecule has 0 aliphatic rings. The lowest BCUT2D eigenvalue weighted by atomic mass is 10.1. The summed E-state index contributed by atoms with van der Waals surface area (Å²) in [6, 6.07) is 13.1. The predicted octanol–water partition coefficient (Wildman–Crippen LogP) is 4.05. The molecule has 104 valence electrons. The molecule has 2 aromatic carbocycles. The van der Waals surface area contributed by atoms with Gasteiger partial charge in [0.25, 0.3) is 0 Å². The van der Waals surface area contributed by atoms with Crippen LogP contribution in [-0.4, -0.2) is 13.1 Å². The second-order valence-electron chi connectivity index (χ2n) is 4.45. The maximum absolute atomic E-state index is 11.3. The van der Waals surface area contributed by atoms with Crippen molar-refractivity contribution in [3.63, 3.8) is 0 Å². The molecule has 0 heterocycles. The van der Waals surface area contributed by atoms with Gasteiger partial charge in [0.2, 0.25) is 0 Å². The first-order valence-electron chi connectivity index (χ1n) is 6.28. The summed E-state index contributed by atoms with van der Waals surface area (Å²) in [5, 5.41) is 4.08. The monoisotopic (exact) mass is 289 g/mol. The molecule has 3 nitrogen and oxygen atoms in total. The van der Waals surface area contributed by atoms with Crippen LogP contribution in [0.15, 0.2) is 42.5 Å². The summed E-state index contributed by atoms with van der Waals surface area (Å²) in [7, 11) is 1.37. The van der Waals surface area contributed by atoms with Crippen molar-refractivity contribution in [3.05, 3.63) is 64.2 Å². The van der Waals surface area contributed by atoms with Crippen LogP contribution < -0.4 is 5.32 Å². The van der Waals surface area contributed by atoms with Crippen LogP contribution in [0.4, 0.5) is 5.69 Å². The number of halogens is 1. The van der Waals surface area contributed by atoms with Crippen molar-refractivity contribution in [3.8, 4) is 0 Å². The topological polar surface area (TPSA) is 38.3 Å². The molecule has 0 bridgehead atoms. The largest absolute Gasteiger partial charge is 0.465 e. The zero-order valence-electron chi connectivity index (χ0n) is 11.4. The highest BCUT2D eigenvalue weighted by Gasteiger charge is 2.05. The lowest BCUT2D eigenvalue weighted by Gasteiger charge is -2.11. The summed E-state index contributed by atoms with van der Waals surface area (Å²) in [5.74, 6) is -0.324. The molecule has 0 saturated carbocycles. The van der Waals surface area contributed by atoms with E-state index in [1.165, 1.54) is 7.11 Å². The number of rotatable bonds is 4. The molecule has 0 spiro atoms. The van der Waals surface area contributed by atoms with E-state index < -0.39 is 0 Å². The highest BCUT2D eigenvalue weighted by Crippen LogP contribution is 2.23. The van der Waals surface area contributed by atoms with E-state index in [4.69, 9.17) is 11.6 Å². The molecule has 0 aliphatic carbocycles. The fourth-order valence-electron chi connectivity index (χ4n) is 1.87. The van der Waals surface area contributed by atoms with Gasteiger partial charge in [-0.3, -0.25) is 0 Å². The van der Waals surface area contributed by atoms with Gasteiger partial charge in [-0.25, -0.2) is 4.79 Å². The number of hydrogen-bond donors (Lipinski definition) is 1. The van der Waals surface area contributed by atoms with Crippen molar-refractivity contribution in [1.29, 1.82) is 0 Å². The van der Waals surface area contributed by atoms with Crippen molar-refractivity contribution in [2.45, 2.75) is 13.5 Å². The van der Waals surface area contributed by atoms with Crippen molar-refractivity contribution < 1.29 is 9.53 Å². The first kappa shape index (κ1) is 14.4. The van der Waals surface area contributed by atoms with Crippen LogP contribution in [0.5, 0.6) is 0 Å². The quantitative estimate of drug-likeness (QED) is 0.863. The Kier molecular flexibility index (Phi) is 4.64. The number of carbonyl (C=O) groups excluding carboxylic acids is 1. The van der Waals surface area contributed by atoms with E-state index in [0.717, 1.165) is 21.8 Å². The van der Waals surface area contributed by atoms with E-state index in [1.807, 2.05) is 37.3 Å². The average molecular weight is 290 g/mol. The number of anilines is 1. The highest BCUT2D eigenvalue weighted by atomic mass is 35.5. The molecule has 0 aliphatic heterocycles. The molecule has 20 heavy (non-hydrogen) atoms. The number of hydrogen-bond acceptors (Lipinski definition) is 3. The molecule has 0 radical (unpaired) electrons. The third-order valence-electron chi connectivity index (χ3n) is 3.13. The minimum atomic E-state index is -0.324. The molecule has 2 rings (SSSR count). The highest BCUT2D eigenvalue weighted by molar-refractivity contribution is 6.31. The van der Waals surface area contributed by atoms with E-state index in [1.54, 1.807) is 12.1 Å². The van der Waals surface area contributed by atoms with Crippen molar-refractivity contribution in [2.24, 2.45) is 0 Å². The molecule has 4 heteroatoms. The zero-order chi connectivity index (χ0) is 14.5. The van der Waals surface area contributed by atoms with Gasteiger partial charge < -0.3 is 10.1 Å². The van der Waals surface area contributed by atoms with Crippen molar-refractivity contribution >= 4 is 23.3 Å². The first-order chi connectivity index (χ1) is 9.61. The summed E-state index contributed by atoms with van der Waals surface area (Å²) in [6.45, 7) is 2.65. The molecule has 0 fully saturated rings. The molecule has 0 unspecified atom stereocenters. The number of esters is 1. The number of nitrogens with one attached hydrogen (secondary N) is 1. The fourth-order valence-corrected chi connectivity index (χ4v) is 2.05. The maximum Gasteiger partial charge on any atom is 0.337 e. The first-order valence-corrected chi connectivity index (χ1v) is 6.66. The number of carbonyl (C=O) groups is 1. The molecule has 0 saturated heterocycles. The van der Waals surface area contributed by atoms with Gasteiger partial charge >= 0.3 is 5.97 Å². The van der Waals surface area contributed by atoms with Crippen LogP contribution in [0, 0.1) is 6.92 Å². The summed E-state index contributed by atoms with van der Waals surface area (Å²) < 4.78 is 4.67. The maximum atomic E-state index is 11.3. The van der Waals surface area contributed by atoms with Crippen LogP contribution in [0.2, 0.25) is 5.02 Å². The molecule has 1 N–H and O–H groups in total. The Morgan fingerprint density at radius 3 is 2.55 bits per heavy atom. The van der Waals surface area contributed by atoms with E-state index in [2.05, 4.69) is 10.1 Å². The summed E-state index contributed by atoms with van der Waals surface area (Å²) in [4.78, 5) is 11.3. The van der Waals surface area contributed by atoms with Gasteiger partial charge in [-0.2, -0.15) is 0 Å². The van der Waals surface area contributed by atoms with Crippen LogP contribution >= 0.6 is 11.6 Å².